The molecule has 0 spiro atoms. The van der Waals surface area contributed by atoms with Crippen LogP contribution < -0.4 is 5.73 Å². The predicted molar refractivity (Wildman–Crippen MR) is 54.3 cm³/mol. The molecule has 1 aromatic heterocycles. The normalized spacial score (nSPS) is 12.8. The maximum absolute atomic E-state index is 5.86. The first-order valence-electron chi connectivity index (χ1n) is 3.97. The molecule has 0 aliphatic carbocycles. The van der Waals surface area contributed by atoms with Gasteiger partial charge in [-0.2, -0.15) is 11.8 Å². The van der Waals surface area contributed by atoms with E-state index in [1.807, 2.05) is 18.2 Å². The number of aromatic nitrogens is 1. The van der Waals surface area contributed by atoms with E-state index < -0.39 is 0 Å². The largest absolute Gasteiger partial charge is 0.327 e. The van der Waals surface area contributed by atoms with Crippen LogP contribution >= 0.6 is 11.8 Å². The molecule has 1 aromatic rings. The van der Waals surface area contributed by atoms with Crippen molar-refractivity contribution in [3.63, 3.8) is 0 Å². The number of hydrogen-bond acceptors (Lipinski definition) is 3. The molecule has 0 amide bonds. The van der Waals surface area contributed by atoms with Crippen LogP contribution in [0.1, 0.15) is 5.69 Å². The molecule has 66 valence electrons. The van der Waals surface area contributed by atoms with Crippen LogP contribution in [0.3, 0.4) is 0 Å². The van der Waals surface area contributed by atoms with E-state index in [0.717, 1.165) is 17.9 Å². The molecule has 0 aromatic carbocycles. The summed E-state index contributed by atoms with van der Waals surface area (Å²) in [5.74, 6) is 0.997. The Balaban J connectivity index is 2.41. The maximum atomic E-state index is 5.86. The second-order valence-electron chi connectivity index (χ2n) is 2.74. The molecule has 0 aliphatic heterocycles. The Morgan fingerprint density at radius 2 is 2.42 bits per heavy atom. The zero-order valence-electron chi connectivity index (χ0n) is 7.23. The Morgan fingerprint density at radius 3 is 3.00 bits per heavy atom. The van der Waals surface area contributed by atoms with Gasteiger partial charge in [0.2, 0.25) is 0 Å². The van der Waals surface area contributed by atoms with Crippen LogP contribution in [0.25, 0.3) is 0 Å². The van der Waals surface area contributed by atoms with Gasteiger partial charge in [-0.05, 0) is 18.4 Å². The first kappa shape index (κ1) is 9.55. The summed E-state index contributed by atoms with van der Waals surface area (Å²) in [5.41, 5.74) is 6.94. The summed E-state index contributed by atoms with van der Waals surface area (Å²) >= 11 is 1.78. The van der Waals surface area contributed by atoms with Crippen molar-refractivity contribution in [1.29, 1.82) is 0 Å². The highest BCUT2D eigenvalue weighted by Crippen LogP contribution is 2.01. The monoisotopic (exact) mass is 182 g/mol. The fourth-order valence-corrected chi connectivity index (χ4v) is 1.61. The van der Waals surface area contributed by atoms with Crippen LogP contribution in [0.15, 0.2) is 24.4 Å². The van der Waals surface area contributed by atoms with Crippen molar-refractivity contribution < 1.29 is 0 Å². The molecule has 2 N–H and O–H groups in total. The van der Waals surface area contributed by atoms with E-state index in [4.69, 9.17) is 5.73 Å². The molecule has 0 fully saturated rings. The summed E-state index contributed by atoms with van der Waals surface area (Å²) < 4.78 is 0. The van der Waals surface area contributed by atoms with E-state index in [1.165, 1.54) is 0 Å². The second-order valence-corrected chi connectivity index (χ2v) is 3.65. The minimum absolute atomic E-state index is 0.231. The standard InChI is InChI=1S/C9H14N2S/c1-12-7-8(10)6-9-4-2-3-5-11-9/h2-5,8H,6-7,10H2,1H3. The second kappa shape index (κ2) is 5.17. The molecular weight excluding hydrogens is 168 g/mol. The number of pyridine rings is 1. The average Bonchev–Trinajstić information content (AvgIpc) is 2.06. The summed E-state index contributed by atoms with van der Waals surface area (Å²) in [4.78, 5) is 4.21. The molecular formula is C9H14N2S. The first-order chi connectivity index (χ1) is 5.83. The molecule has 0 aliphatic rings. The minimum atomic E-state index is 0.231. The lowest BCUT2D eigenvalue weighted by Crippen LogP contribution is -2.25. The molecule has 0 radical (unpaired) electrons. The van der Waals surface area contributed by atoms with Gasteiger partial charge >= 0.3 is 0 Å². The summed E-state index contributed by atoms with van der Waals surface area (Å²) in [6.45, 7) is 0. The maximum Gasteiger partial charge on any atom is 0.0419 e. The fraction of sp³-hybridized carbons (Fsp3) is 0.444. The topological polar surface area (TPSA) is 38.9 Å². The third-order valence-corrected chi connectivity index (χ3v) is 2.34. The van der Waals surface area contributed by atoms with Crippen LogP contribution in [0, 0.1) is 0 Å². The van der Waals surface area contributed by atoms with Crippen molar-refractivity contribution in [1.82, 2.24) is 4.98 Å². The minimum Gasteiger partial charge on any atom is -0.327 e. The molecule has 1 heterocycles. The smallest absolute Gasteiger partial charge is 0.0419 e. The molecule has 1 unspecified atom stereocenters. The van der Waals surface area contributed by atoms with Gasteiger partial charge in [0.25, 0.3) is 0 Å². The Labute approximate surface area is 77.6 Å². The summed E-state index contributed by atoms with van der Waals surface area (Å²) in [6, 6.07) is 6.16. The third kappa shape index (κ3) is 3.24. The lowest BCUT2D eigenvalue weighted by molar-refractivity contribution is 0.733. The zero-order chi connectivity index (χ0) is 8.81. The number of nitrogens with two attached hydrogens (primary N) is 1. The van der Waals surface area contributed by atoms with Crippen molar-refractivity contribution in [2.75, 3.05) is 12.0 Å². The molecule has 0 saturated carbocycles. The highest BCUT2D eigenvalue weighted by atomic mass is 32.2. The van der Waals surface area contributed by atoms with Gasteiger partial charge in [-0.25, -0.2) is 0 Å². The highest BCUT2D eigenvalue weighted by Gasteiger charge is 2.02. The quantitative estimate of drug-likeness (QED) is 0.763. The van der Waals surface area contributed by atoms with E-state index in [2.05, 4.69) is 11.2 Å². The molecule has 0 saturated heterocycles. The molecule has 3 heteroatoms. The first-order valence-corrected chi connectivity index (χ1v) is 5.36. The van der Waals surface area contributed by atoms with Crippen LogP contribution in [0.5, 0.6) is 0 Å². The summed E-state index contributed by atoms with van der Waals surface area (Å²) in [5, 5.41) is 0. The third-order valence-electron chi connectivity index (χ3n) is 1.58. The van der Waals surface area contributed by atoms with E-state index in [0.29, 0.717) is 0 Å². The number of thioether (sulfide) groups is 1. The summed E-state index contributed by atoms with van der Waals surface area (Å²) in [6.07, 6.45) is 4.75. The zero-order valence-corrected chi connectivity index (χ0v) is 8.05. The molecule has 1 atom stereocenters. The Morgan fingerprint density at radius 1 is 1.58 bits per heavy atom. The van der Waals surface area contributed by atoms with Gasteiger partial charge < -0.3 is 5.73 Å². The Bertz CT molecular complexity index is 213. The van der Waals surface area contributed by atoms with Gasteiger partial charge in [-0.3, -0.25) is 4.98 Å². The van der Waals surface area contributed by atoms with Gasteiger partial charge in [-0.15, -0.1) is 0 Å². The van der Waals surface area contributed by atoms with Crippen molar-refractivity contribution in [2.24, 2.45) is 5.73 Å². The average molecular weight is 182 g/mol. The van der Waals surface area contributed by atoms with Gasteiger partial charge in [0.1, 0.15) is 0 Å². The number of hydrogen-bond donors (Lipinski definition) is 1. The molecule has 12 heavy (non-hydrogen) atoms. The SMILES string of the molecule is CSCC(N)Cc1ccccn1. The predicted octanol–water partition coefficient (Wildman–Crippen LogP) is 1.31. The van der Waals surface area contributed by atoms with E-state index in [9.17, 15) is 0 Å². The number of nitrogens with zero attached hydrogens (tertiary/aromatic N) is 1. The van der Waals surface area contributed by atoms with Crippen molar-refractivity contribution >= 4 is 11.8 Å². The summed E-state index contributed by atoms with van der Waals surface area (Å²) in [7, 11) is 0. The van der Waals surface area contributed by atoms with Gasteiger partial charge in [0, 0.05) is 30.1 Å². The lowest BCUT2D eigenvalue weighted by atomic mass is 10.2. The Kier molecular flexibility index (Phi) is 4.11. The Hall–Kier alpha value is -0.540. The number of rotatable bonds is 4. The van der Waals surface area contributed by atoms with Crippen molar-refractivity contribution in [2.45, 2.75) is 12.5 Å². The van der Waals surface area contributed by atoms with Crippen LogP contribution in [0.4, 0.5) is 0 Å². The highest BCUT2D eigenvalue weighted by molar-refractivity contribution is 7.98. The van der Waals surface area contributed by atoms with Crippen molar-refractivity contribution in [3.8, 4) is 0 Å². The van der Waals surface area contributed by atoms with Crippen LogP contribution in [-0.2, 0) is 6.42 Å². The molecule has 2 nitrogen and oxygen atoms in total. The van der Waals surface area contributed by atoms with Crippen LogP contribution in [0.2, 0.25) is 0 Å². The fourth-order valence-electron chi connectivity index (χ4n) is 1.06. The molecule has 1 rings (SSSR count). The lowest BCUT2D eigenvalue weighted by Gasteiger charge is -2.08. The van der Waals surface area contributed by atoms with Crippen LogP contribution in [-0.4, -0.2) is 23.0 Å². The van der Waals surface area contributed by atoms with Gasteiger partial charge in [-0.1, -0.05) is 6.07 Å². The van der Waals surface area contributed by atoms with E-state index >= 15 is 0 Å². The van der Waals surface area contributed by atoms with E-state index in [-0.39, 0.29) is 6.04 Å². The van der Waals surface area contributed by atoms with Crippen molar-refractivity contribution in [3.05, 3.63) is 30.1 Å². The van der Waals surface area contributed by atoms with E-state index in [1.54, 1.807) is 18.0 Å². The molecule has 0 bridgehead atoms. The van der Waals surface area contributed by atoms with Gasteiger partial charge in [0.05, 0.1) is 0 Å². The van der Waals surface area contributed by atoms with Gasteiger partial charge in [0.15, 0.2) is 0 Å².